The van der Waals surface area contributed by atoms with E-state index < -0.39 is 0 Å². The molecule has 0 saturated carbocycles. The van der Waals surface area contributed by atoms with Crippen LogP contribution in [0.4, 0.5) is 0 Å². The van der Waals surface area contributed by atoms with Crippen molar-refractivity contribution in [1.82, 2.24) is 5.32 Å². The van der Waals surface area contributed by atoms with Crippen LogP contribution in [0.15, 0.2) is 64.2 Å². The van der Waals surface area contributed by atoms with Gasteiger partial charge >= 0.3 is 0 Å². The fourth-order valence-corrected chi connectivity index (χ4v) is 6.21. The van der Waals surface area contributed by atoms with Crippen molar-refractivity contribution in [3.8, 4) is 0 Å². The molecule has 1 unspecified atom stereocenters. The van der Waals surface area contributed by atoms with Crippen LogP contribution < -0.4 is 10.2 Å². The van der Waals surface area contributed by atoms with E-state index in [1.54, 1.807) is 23.1 Å². The van der Waals surface area contributed by atoms with Gasteiger partial charge < -0.3 is 10.2 Å². The third kappa shape index (κ3) is 4.63. The Kier molecular flexibility index (Phi) is 6.29. The van der Waals surface area contributed by atoms with Crippen LogP contribution in [0.5, 0.6) is 0 Å². The van der Waals surface area contributed by atoms with Crippen LogP contribution in [0, 0.1) is 0 Å². The quantitative estimate of drug-likeness (QED) is 0.459. The van der Waals surface area contributed by atoms with Gasteiger partial charge in [-0.2, -0.15) is 0 Å². The summed E-state index contributed by atoms with van der Waals surface area (Å²) in [7, 11) is 0. The molecule has 3 heterocycles. The lowest BCUT2D eigenvalue weighted by Gasteiger charge is -2.31. The summed E-state index contributed by atoms with van der Waals surface area (Å²) in [4.78, 5) is 18.0. The van der Waals surface area contributed by atoms with Gasteiger partial charge in [0, 0.05) is 34.1 Å². The fourth-order valence-electron chi connectivity index (χ4n) is 3.59. The van der Waals surface area contributed by atoms with Gasteiger partial charge in [-0.15, -0.1) is 34.4 Å². The van der Waals surface area contributed by atoms with E-state index in [-0.39, 0.29) is 5.91 Å². The van der Waals surface area contributed by atoms with Gasteiger partial charge in [0.25, 0.3) is 5.91 Å². The smallest absolute Gasteiger partial charge is 0.275 e. The first kappa shape index (κ1) is 18.7. The highest BCUT2D eigenvalue weighted by molar-refractivity contribution is 7.99. The predicted molar refractivity (Wildman–Crippen MR) is 115 cm³/mol. The van der Waals surface area contributed by atoms with Gasteiger partial charge in [-0.3, -0.25) is 4.79 Å². The standard InChI is InChI=1S/C21H22N2OS3/c24-20(22-10-14-25-16-5-2-1-3-6-16)15-23-11-8-18-17(9-13-27-18)21(23)19-7-4-12-26-19/h1-7,9,12-13,21H,8,10-11,14-15H2,(H,22,24)/p+1/t21-/m0/s1. The third-order valence-electron chi connectivity index (χ3n) is 4.82. The number of carbonyl (C=O) groups is 1. The highest BCUT2D eigenvalue weighted by atomic mass is 32.2. The number of amides is 1. The van der Waals surface area contributed by atoms with E-state index in [2.05, 4.69) is 46.4 Å². The van der Waals surface area contributed by atoms with Crippen LogP contribution in [0.1, 0.15) is 21.4 Å². The summed E-state index contributed by atoms with van der Waals surface area (Å²) in [6, 6.07) is 17.2. The van der Waals surface area contributed by atoms with E-state index in [0.29, 0.717) is 19.1 Å². The van der Waals surface area contributed by atoms with Gasteiger partial charge in [-0.1, -0.05) is 24.3 Å². The molecule has 1 aliphatic heterocycles. The number of thioether (sulfide) groups is 1. The number of rotatable bonds is 7. The maximum absolute atomic E-state index is 12.6. The molecule has 27 heavy (non-hydrogen) atoms. The Bertz CT molecular complexity index is 861. The minimum atomic E-state index is 0.152. The summed E-state index contributed by atoms with van der Waals surface area (Å²) in [6.45, 7) is 2.26. The second-order valence-electron chi connectivity index (χ2n) is 6.59. The van der Waals surface area contributed by atoms with Gasteiger partial charge in [-0.25, -0.2) is 0 Å². The predicted octanol–water partition coefficient (Wildman–Crippen LogP) is 3.25. The van der Waals surface area contributed by atoms with Crippen LogP contribution >= 0.6 is 34.4 Å². The normalized spacial score (nSPS) is 18.8. The number of benzene rings is 1. The van der Waals surface area contributed by atoms with Crippen LogP contribution in [-0.4, -0.2) is 31.3 Å². The number of nitrogens with one attached hydrogen (secondary N) is 2. The maximum atomic E-state index is 12.6. The molecule has 0 radical (unpaired) electrons. The molecule has 3 aromatic rings. The zero-order chi connectivity index (χ0) is 18.5. The van der Waals surface area contributed by atoms with Crippen molar-refractivity contribution in [1.29, 1.82) is 0 Å². The van der Waals surface area contributed by atoms with Crippen molar-refractivity contribution in [2.45, 2.75) is 17.4 Å². The van der Waals surface area contributed by atoms with Crippen LogP contribution in [0.25, 0.3) is 0 Å². The highest BCUT2D eigenvalue weighted by Gasteiger charge is 2.34. The molecular weight excluding hydrogens is 392 g/mol. The van der Waals surface area contributed by atoms with Crippen molar-refractivity contribution in [3.63, 3.8) is 0 Å². The molecule has 1 aliphatic rings. The summed E-state index contributed by atoms with van der Waals surface area (Å²) in [5.74, 6) is 1.05. The monoisotopic (exact) mass is 415 g/mol. The Morgan fingerprint density at radius 1 is 1.11 bits per heavy atom. The van der Waals surface area contributed by atoms with E-state index in [1.165, 1.54) is 25.1 Å². The summed E-state index contributed by atoms with van der Waals surface area (Å²) >= 11 is 5.43. The summed E-state index contributed by atoms with van der Waals surface area (Å²) < 4.78 is 0. The molecule has 4 rings (SSSR count). The Balaban J connectivity index is 1.33. The maximum Gasteiger partial charge on any atom is 0.275 e. The van der Waals surface area contributed by atoms with Gasteiger partial charge in [0.2, 0.25) is 0 Å². The van der Waals surface area contributed by atoms with Gasteiger partial charge in [-0.05, 0) is 35.0 Å². The molecule has 2 aromatic heterocycles. The van der Waals surface area contributed by atoms with Crippen molar-refractivity contribution < 1.29 is 9.69 Å². The van der Waals surface area contributed by atoms with E-state index in [0.717, 1.165) is 18.7 Å². The lowest BCUT2D eigenvalue weighted by molar-refractivity contribution is -0.919. The number of hydrogen-bond acceptors (Lipinski definition) is 4. The largest absolute Gasteiger partial charge is 0.350 e. The second kappa shape index (κ2) is 9.06. The molecule has 2 N–H and O–H groups in total. The van der Waals surface area contributed by atoms with Gasteiger partial charge in [0.05, 0.1) is 11.4 Å². The van der Waals surface area contributed by atoms with Crippen LogP contribution in [0.2, 0.25) is 0 Å². The first-order valence-corrected chi connectivity index (χ1v) is 11.9. The second-order valence-corrected chi connectivity index (χ2v) is 9.74. The average Bonchev–Trinajstić information content (AvgIpc) is 3.38. The lowest BCUT2D eigenvalue weighted by Crippen LogP contribution is -3.14. The third-order valence-corrected chi connectivity index (χ3v) is 7.77. The minimum absolute atomic E-state index is 0.152. The minimum Gasteiger partial charge on any atom is -0.350 e. The van der Waals surface area contributed by atoms with Crippen molar-refractivity contribution in [2.75, 3.05) is 25.4 Å². The Hall–Kier alpha value is -1.60. The average molecular weight is 416 g/mol. The lowest BCUT2D eigenvalue weighted by atomic mass is 9.98. The molecule has 1 aromatic carbocycles. The van der Waals surface area contributed by atoms with E-state index in [4.69, 9.17) is 0 Å². The molecule has 3 nitrogen and oxygen atoms in total. The summed E-state index contributed by atoms with van der Waals surface area (Å²) in [6.07, 6.45) is 1.07. The molecular formula is C21H23N2OS3+. The number of fused-ring (bicyclic) bond motifs is 1. The van der Waals surface area contributed by atoms with Gasteiger partial charge in [0.1, 0.15) is 6.04 Å². The van der Waals surface area contributed by atoms with E-state index >= 15 is 0 Å². The number of carbonyl (C=O) groups excluding carboxylic acids is 1. The van der Waals surface area contributed by atoms with Crippen LogP contribution in [-0.2, 0) is 11.2 Å². The molecule has 1 amide bonds. The van der Waals surface area contributed by atoms with Crippen LogP contribution in [0.3, 0.4) is 0 Å². The number of quaternary nitrogens is 1. The van der Waals surface area contributed by atoms with E-state index in [1.807, 2.05) is 29.5 Å². The Morgan fingerprint density at radius 3 is 2.81 bits per heavy atom. The topological polar surface area (TPSA) is 33.5 Å². The zero-order valence-electron chi connectivity index (χ0n) is 15.0. The SMILES string of the molecule is O=C(C[NH+]1CCc2sccc2[C@H]1c1cccs1)NCCSc1ccccc1. The molecule has 0 saturated heterocycles. The molecule has 0 fully saturated rings. The molecule has 140 valence electrons. The molecule has 0 aliphatic carbocycles. The molecule has 0 bridgehead atoms. The summed E-state index contributed by atoms with van der Waals surface area (Å²) in [5.41, 5.74) is 1.41. The fraction of sp³-hybridized carbons (Fsp3) is 0.286. The zero-order valence-corrected chi connectivity index (χ0v) is 17.5. The van der Waals surface area contributed by atoms with E-state index in [9.17, 15) is 4.79 Å². The van der Waals surface area contributed by atoms with Crippen molar-refractivity contribution >= 4 is 40.3 Å². The first-order chi connectivity index (χ1) is 13.3. The molecule has 0 spiro atoms. The Morgan fingerprint density at radius 2 is 2.00 bits per heavy atom. The highest BCUT2D eigenvalue weighted by Crippen LogP contribution is 2.31. The van der Waals surface area contributed by atoms with Crippen molar-refractivity contribution in [2.24, 2.45) is 0 Å². The first-order valence-electron chi connectivity index (χ1n) is 9.20. The number of hydrogen-bond donors (Lipinski definition) is 2. The van der Waals surface area contributed by atoms with Gasteiger partial charge in [0.15, 0.2) is 6.54 Å². The molecule has 2 atom stereocenters. The molecule has 6 heteroatoms. The number of thiophene rings is 2. The Labute approximate surface area is 172 Å². The van der Waals surface area contributed by atoms with Crippen molar-refractivity contribution in [3.05, 3.63) is 74.6 Å². The summed E-state index contributed by atoms with van der Waals surface area (Å²) in [5, 5.41) is 7.43.